The molecule has 1 heterocycles. The maximum atomic E-state index is 12.7. The fourth-order valence-corrected chi connectivity index (χ4v) is 4.10. The fraction of sp³-hybridized carbons (Fsp3) is 0.588. The molecule has 0 aromatic heterocycles. The molecule has 1 aliphatic heterocycles. The molecule has 1 saturated heterocycles. The van der Waals surface area contributed by atoms with E-state index in [1.807, 2.05) is 18.7 Å². The number of amides is 1. The van der Waals surface area contributed by atoms with Crippen molar-refractivity contribution in [1.82, 2.24) is 9.21 Å². The lowest BCUT2D eigenvalue weighted by Crippen LogP contribution is -2.34. The quantitative estimate of drug-likeness (QED) is 0.848. The minimum Gasteiger partial charge on any atom is -0.339 e. The molecule has 1 aromatic rings. The smallest absolute Gasteiger partial charge is 0.253 e. The summed E-state index contributed by atoms with van der Waals surface area (Å²) in [4.78, 5) is 14.7. The molecule has 0 radical (unpaired) electrons. The number of carbonyl (C=O) groups excluding carboxylic acids is 1. The summed E-state index contributed by atoms with van der Waals surface area (Å²) in [6, 6.07) is 6.26. The number of carbonyl (C=O) groups is 1. The zero-order valence-corrected chi connectivity index (χ0v) is 15.0. The predicted molar refractivity (Wildman–Crippen MR) is 90.9 cm³/mol. The maximum Gasteiger partial charge on any atom is 0.253 e. The van der Waals surface area contributed by atoms with Gasteiger partial charge in [-0.25, -0.2) is 8.42 Å². The van der Waals surface area contributed by atoms with Crippen molar-refractivity contribution in [2.75, 3.05) is 20.1 Å². The van der Waals surface area contributed by atoms with Crippen molar-refractivity contribution in [1.29, 1.82) is 0 Å². The average Bonchev–Trinajstić information content (AvgIpc) is 2.82. The molecule has 6 heteroatoms. The van der Waals surface area contributed by atoms with E-state index in [0.717, 1.165) is 38.8 Å². The van der Waals surface area contributed by atoms with Crippen molar-refractivity contribution in [3.8, 4) is 0 Å². The Labute approximate surface area is 139 Å². The number of sulfonamides is 1. The minimum atomic E-state index is -3.57. The van der Waals surface area contributed by atoms with E-state index in [9.17, 15) is 13.2 Å². The molecule has 23 heavy (non-hydrogen) atoms. The second-order valence-corrected chi connectivity index (χ2v) is 8.35. The van der Waals surface area contributed by atoms with Crippen LogP contribution in [0.2, 0.25) is 0 Å². The zero-order valence-electron chi connectivity index (χ0n) is 14.2. The maximum absolute atomic E-state index is 12.7. The lowest BCUT2D eigenvalue weighted by molar-refractivity contribution is 0.0761. The summed E-state index contributed by atoms with van der Waals surface area (Å²) in [6.07, 6.45) is 4.33. The molecule has 128 valence electrons. The average molecular weight is 338 g/mol. The Morgan fingerprint density at radius 1 is 1.13 bits per heavy atom. The summed E-state index contributed by atoms with van der Waals surface area (Å²) in [7, 11) is -2.01. The normalized spacial score (nSPS) is 16.7. The topological polar surface area (TPSA) is 57.7 Å². The van der Waals surface area contributed by atoms with Crippen LogP contribution >= 0.6 is 0 Å². The molecule has 0 N–H and O–H groups in total. The van der Waals surface area contributed by atoms with Gasteiger partial charge in [-0.2, -0.15) is 4.31 Å². The van der Waals surface area contributed by atoms with Crippen molar-refractivity contribution in [3.63, 3.8) is 0 Å². The fourth-order valence-electron chi connectivity index (χ4n) is 2.69. The molecule has 2 rings (SSSR count). The third-order valence-corrected chi connectivity index (χ3v) is 6.41. The van der Waals surface area contributed by atoms with Crippen molar-refractivity contribution in [2.45, 2.75) is 50.5 Å². The van der Waals surface area contributed by atoms with Crippen LogP contribution < -0.4 is 0 Å². The highest BCUT2D eigenvalue weighted by Crippen LogP contribution is 2.20. The molecule has 0 bridgehead atoms. The molecular weight excluding hydrogens is 312 g/mol. The molecule has 0 spiro atoms. The Morgan fingerprint density at radius 2 is 1.74 bits per heavy atom. The van der Waals surface area contributed by atoms with Gasteiger partial charge in [0.1, 0.15) is 0 Å². The molecule has 5 nitrogen and oxygen atoms in total. The van der Waals surface area contributed by atoms with Gasteiger partial charge in [-0.05, 0) is 44.9 Å². The van der Waals surface area contributed by atoms with Crippen LogP contribution in [0.1, 0.15) is 49.9 Å². The summed E-state index contributed by atoms with van der Waals surface area (Å²) in [5, 5.41) is 0. The summed E-state index contributed by atoms with van der Waals surface area (Å²) in [6.45, 7) is 5.15. The second kappa shape index (κ2) is 7.45. The zero-order chi connectivity index (χ0) is 17.0. The third kappa shape index (κ3) is 4.12. The van der Waals surface area contributed by atoms with Crippen LogP contribution in [0.3, 0.4) is 0 Å². The third-order valence-electron chi connectivity index (χ3n) is 4.38. The standard InChI is InChI=1S/C17H26N2O3S/c1-14(2)18(3)23(21,22)16-10-8-9-15(13-16)17(20)19-11-6-4-5-7-12-19/h8-10,13-14H,4-7,11-12H2,1-3H3. The van der Waals surface area contributed by atoms with Crippen LogP contribution in [0.25, 0.3) is 0 Å². The second-order valence-electron chi connectivity index (χ2n) is 6.35. The molecule has 1 aliphatic rings. The Morgan fingerprint density at radius 3 is 2.30 bits per heavy atom. The highest BCUT2D eigenvalue weighted by molar-refractivity contribution is 7.89. The van der Waals surface area contributed by atoms with E-state index in [2.05, 4.69) is 0 Å². The first-order valence-electron chi connectivity index (χ1n) is 8.21. The monoisotopic (exact) mass is 338 g/mol. The van der Waals surface area contributed by atoms with E-state index in [1.165, 1.54) is 10.4 Å². The molecule has 0 atom stereocenters. The summed E-state index contributed by atoms with van der Waals surface area (Å²) in [5.74, 6) is -0.0730. The van der Waals surface area contributed by atoms with Crippen LogP contribution in [-0.4, -0.2) is 49.7 Å². The summed E-state index contributed by atoms with van der Waals surface area (Å²) >= 11 is 0. The molecular formula is C17H26N2O3S. The first-order valence-corrected chi connectivity index (χ1v) is 9.65. The number of hydrogen-bond acceptors (Lipinski definition) is 3. The minimum absolute atomic E-state index is 0.0730. The Hall–Kier alpha value is -1.40. The summed E-state index contributed by atoms with van der Waals surface area (Å²) < 4.78 is 26.5. The molecule has 0 unspecified atom stereocenters. The van der Waals surface area contributed by atoms with E-state index in [1.54, 1.807) is 25.2 Å². The summed E-state index contributed by atoms with van der Waals surface area (Å²) in [5.41, 5.74) is 0.449. The SMILES string of the molecule is CC(C)N(C)S(=O)(=O)c1cccc(C(=O)N2CCCCCC2)c1. The van der Waals surface area contributed by atoms with E-state index in [0.29, 0.717) is 5.56 Å². The Balaban J connectivity index is 2.27. The van der Waals surface area contributed by atoms with E-state index in [4.69, 9.17) is 0 Å². The Bertz CT molecular complexity index is 648. The number of likely N-dealkylation sites (tertiary alicyclic amines) is 1. The van der Waals surface area contributed by atoms with Gasteiger partial charge in [0.2, 0.25) is 10.0 Å². The molecule has 1 amide bonds. The number of nitrogens with zero attached hydrogens (tertiary/aromatic N) is 2. The molecule has 0 saturated carbocycles. The van der Waals surface area contributed by atoms with Crippen molar-refractivity contribution >= 4 is 15.9 Å². The van der Waals surface area contributed by atoms with Gasteiger partial charge < -0.3 is 4.90 Å². The van der Waals surface area contributed by atoms with Crippen LogP contribution in [0.5, 0.6) is 0 Å². The van der Waals surface area contributed by atoms with Gasteiger partial charge in [0.15, 0.2) is 0 Å². The first-order chi connectivity index (χ1) is 10.8. The highest BCUT2D eigenvalue weighted by atomic mass is 32.2. The van der Waals surface area contributed by atoms with Crippen LogP contribution in [0, 0.1) is 0 Å². The van der Waals surface area contributed by atoms with Crippen LogP contribution in [0.4, 0.5) is 0 Å². The van der Waals surface area contributed by atoms with E-state index in [-0.39, 0.29) is 16.8 Å². The van der Waals surface area contributed by atoms with Gasteiger partial charge in [0.05, 0.1) is 4.90 Å². The number of rotatable bonds is 4. The van der Waals surface area contributed by atoms with Crippen molar-refractivity contribution in [3.05, 3.63) is 29.8 Å². The van der Waals surface area contributed by atoms with Crippen molar-refractivity contribution in [2.24, 2.45) is 0 Å². The highest BCUT2D eigenvalue weighted by Gasteiger charge is 2.25. The van der Waals surface area contributed by atoms with Crippen LogP contribution in [-0.2, 0) is 10.0 Å². The number of hydrogen-bond donors (Lipinski definition) is 0. The molecule has 0 aliphatic carbocycles. The largest absolute Gasteiger partial charge is 0.339 e. The van der Waals surface area contributed by atoms with Gasteiger partial charge in [-0.1, -0.05) is 18.9 Å². The van der Waals surface area contributed by atoms with Gasteiger partial charge in [0.25, 0.3) is 5.91 Å². The van der Waals surface area contributed by atoms with Gasteiger partial charge in [0, 0.05) is 31.7 Å². The van der Waals surface area contributed by atoms with Crippen LogP contribution in [0.15, 0.2) is 29.2 Å². The predicted octanol–water partition coefficient (Wildman–Crippen LogP) is 2.73. The lowest BCUT2D eigenvalue weighted by atomic mass is 10.2. The number of benzene rings is 1. The van der Waals surface area contributed by atoms with E-state index < -0.39 is 10.0 Å². The first kappa shape index (κ1) is 17.9. The molecule has 1 fully saturated rings. The van der Waals surface area contributed by atoms with E-state index >= 15 is 0 Å². The van der Waals surface area contributed by atoms with Crippen molar-refractivity contribution < 1.29 is 13.2 Å². The molecule has 1 aromatic carbocycles. The Kier molecular flexibility index (Phi) is 5.81. The van der Waals surface area contributed by atoms with Gasteiger partial charge >= 0.3 is 0 Å². The lowest BCUT2D eigenvalue weighted by Gasteiger charge is -2.22. The van der Waals surface area contributed by atoms with Gasteiger partial charge in [-0.3, -0.25) is 4.79 Å². The van der Waals surface area contributed by atoms with Gasteiger partial charge in [-0.15, -0.1) is 0 Å².